The summed E-state index contributed by atoms with van der Waals surface area (Å²) in [5.74, 6) is 0.813. The van der Waals surface area contributed by atoms with Crippen molar-refractivity contribution in [2.24, 2.45) is 5.92 Å². The Hall–Kier alpha value is -0.930. The molecule has 3 nitrogen and oxygen atoms in total. The van der Waals surface area contributed by atoms with Crippen LogP contribution in [0.15, 0.2) is 24.5 Å². The van der Waals surface area contributed by atoms with Crippen LogP contribution in [0.2, 0.25) is 0 Å². The Balaban J connectivity index is 2.05. The SMILES string of the molecule is CN(C)C(CC1CCNC1)c1cccnc1. The molecule has 3 heteroatoms. The molecule has 2 unspecified atom stereocenters. The van der Waals surface area contributed by atoms with Crippen molar-refractivity contribution in [1.82, 2.24) is 15.2 Å². The van der Waals surface area contributed by atoms with Gasteiger partial charge >= 0.3 is 0 Å². The number of nitrogens with zero attached hydrogens (tertiary/aromatic N) is 2. The van der Waals surface area contributed by atoms with Crippen molar-refractivity contribution in [2.75, 3.05) is 27.2 Å². The molecule has 0 aliphatic carbocycles. The van der Waals surface area contributed by atoms with E-state index in [4.69, 9.17) is 0 Å². The van der Waals surface area contributed by atoms with Crippen LogP contribution in [0.1, 0.15) is 24.4 Å². The molecule has 88 valence electrons. The minimum absolute atomic E-state index is 0.499. The number of nitrogens with one attached hydrogen (secondary N) is 1. The van der Waals surface area contributed by atoms with Gasteiger partial charge < -0.3 is 10.2 Å². The highest BCUT2D eigenvalue weighted by molar-refractivity contribution is 5.14. The molecular formula is C13H21N3. The number of aromatic nitrogens is 1. The summed E-state index contributed by atoms with van der Waals surface area (Å²) < 4.78 is 0. The van der Waals surface area contributed by atoms with Gasteiger partial charge in [0.05, 0.1) is 0 Å². The van der Waals surface area contributed by atoms with Crippen molar-refractivity contribution < 1.29 is 0 Å². The lowest BCUT2D eigenvalue weighted by molar-refractivity contribution is 0.252. The van der Waals surface area contributed by atoms with Crippen LogP contribution in [0.5, 0.6) is 0 Å². The molecule has 0 radical (unpaired) electrons. The Kier molecular flexibility index (Phi) is 3.91. The van der Waals surface area contributed by atoms with E-state index in [1.54, 1.807) is 0 Å². The first kappa shape index (κ1) is 11.6. The van der Waals surface area contributed by atoms with Gasteiger partial charge in [0.15, 0.2) is 0 Å². The Morgan fingerprint density at radius 2 is 2.44 bits per heavy atom. The highest BCUT2D eigenvalue weighted by Gasteiger charge is 2.22. The zero-order valence-electron chi connectivity index (χ0n) is 10.2. The van der Waals surface area contributed by atoms with Crippen LogP contribution in [0.4, 0.5) is 0 Å². The van der Waals surface area contributed by atoms with Crippen LogP contribution < -0.4 is 5.32 Å². The lowest BCUT2D eigenvalue weighted by Gasteiger charge is -2.26. The fraction of sp³-hybridized carbons (Fsp3) is 0.615. The highest BCUT2D eigenvalue weighted by atomic mass is 15.1. The van der Waals surface area contributed by atoms with Crippen LogP contribution >= 0.6 is 0 Å². The summed E-state index contributed by atoms with van der Waals surface area (Å²) in [5, 5.41) is 3.43. The molecule has 0 spiro atoms. The van der Waals surface area contributed by atoms with Gasteiger partial charge in [-0.3, -0.25) is 4.98 Å². The van der Waals surface area contributed by atoms with Crippen molar-refractivity contribution in [3.8, 4) is 0 Å². The van der Waals surface area contributed by atoms with Gasteiger partial charge in [0.1, 0.15) is 0 Å². The monoisotopic (exact) mass is 219 g/mol. The summed E-state index contributed by atoms with van der Waals surface area (Å²) in [6, 6.07) is 4.71. The lowest BCUT2D eigenvalue weighted by atomic mass is 9.94. The van der Waals surface area contributed by atoms with E-state index in [1.807, 2.05) is 18.5 Å². The summed E-state index contributed by atoms with van der Waals surface area (Å²) in [4.78, 5) is 6.52. The summed E-state index contributed by atoms with van der Waals surface area (Å²) in [6.07, 6.45) is 6.37. The third-order valence-corrected chi connectivity index (χ3v) is 3.41. The van der Waals surface area contributed by atoms with Crippen LogP contribution in [0.25, 0.3) is 0 Å². The molecule has 2 rings (SSSR count). The molecule has 2 atom stereocenters. The Bertz CT molecular complexity index is 304. The number of rotatable bonds is 4. The molecule has 0 saturated carbocycles. The minimum atomic E-state index is 0.499. The third kappa shape index (κ3) is 2.80. The first-order valence-corrected chi connectivity index (χ1v) is 6.04. The first-order valence-electron chi connectivity index (χ1n) is 6.04. The molecule has 0 bridgehead atoms. The molecule has 1 aliphatic heterocycles. The van der Waals surface area contributed by atoms with Gasteiger partial charge in [0.2, 0.25) is 0 Å². The maximum Gasteiger partial charge on any atom is 0.0360 e. The van der Waals surface area contributed by atoms with Gasteiger partial charge in [-0.25, -0.2) is 0 Å². The largest absolute Gasteiger partial charge is 0.316 e. The average Bonchev–Trinajstić information content (AvgIpc) is 2.79. The topological polar surface area (TPSA) is 28.2 Å². The summed E-state index contributed by atoms with van der Waals surface area (Å²) in [7, 11) is 4.31. The molecule has 1 saturated heterocycles. The van der Waals surface area contributed by atoms with Gasteiger partial charge in [-0.1, -0.05) is 6.07 Å². The number of hydrogen-bond donors (Lipinski definition) is 1. The third-order valence-electron chi connectivity index (χ3n) is 3.41. The fourth-order valence-electron chi connectivity index (χ4n) is 2.45. The van der Waals surface area contributed by atoms with E-state index in [0.717, 1.165) is 5.92 Å². The second-order valence-corrected chi connectivity index (χ2v) is 4.86. The van der Waals surface area contributed by atoms with Gasteiger partial charge in [0.25, 0.3) is 0 Å². The van der Waals surface area contributed by atoms with E-state index in [9.17, 15) is 0 Å². The van der Waals surface area contributed by atoms with Gasteiger partial charge in [-0.05, 0) is 57.6 Å². The molecule has 1 aromatic rings. The maximum absolute atomic E-state index is 4.22. The molecule has 1 aliphatic rings. The van der Waals surface area contributed by atoms with Crippen molar-refractivity contribution in [3.05, 3.63) is 30.1 Å². The van der Waals surface area contributed by atoms with E-state index in [-0.39, 0.29) is 0 Å². The summed E-state index contributed by atoms with van der Waals surface area (Å²) >= 11 is 0. The van der Waals surface area contributed by atoms with Gasteiger partial charge in [0, 0.05) is 18.4 Å². The zero-order valence-corrected chi connectivity index (χ0v) is 10.2. The van der Waals surface area contributed by atoms with Gasteiger partial charge in [-0.2, -0.15) is 0 Å². The molecule has 0 aromatic carbocycles. The van der Waals surface area contributed by atoms with E-state index >= 15 is 0 Å². The fourth-order valence-corrected chi connectivity index (χ4v) is 2.45. The van der Waals surface area contributed by atoms with Crippen LogP contribution in [-0.4, -0.2) is 37.1 Å². The highest BCUT2D eigenvalue weighted by Crippen LogP contribution is 2.27. The van der Waals surface area contributed by atoms with Crippen LogP contribution in [-0.2, 0) is 0 Å². The lowest BCUT2D eigenvalue weighted by Crippen LogP contribution is -2.23. The Labute approximate surface area is 97.9 Å². The smallest absolute Gasteiger partial charge is 0.0360 e. The molecule has 1 aromatic heterocycles. The molecule has 2 heterocycles. The second-order valence-electron chi connectivity index (χ2n) is 4.86. The molecule has 16 heavy (non-hydrogen) atoms. The Morgan fingerprint density at radius 3 is 3.00 bits per heavy atom. The van der Waals surface area contributed by atoms with E-state index in [0.29, 0.717) is 6.04 Å². The number of hydrogen-bond acceptors (Lipinski definition) is 3. The maximum atomic E-state index is 4.22. The molecule has 1 fully saturated rings. The zero-order chi connectivity index (χ0) is 11.4. The van der Waals surface area contributed by atoms with Crippen molar-refractivity contribution >= 4 is 0 Å². The van der Waals surface area contributed by atoms with Crippen LogP contribution in [0, 0.1) is 5.92 Å². The molecule has 0 amide bonds. The number of pyridine rings is 1. The van der Waals surface area contributed by atoms with E-state index in [2.05, 4.69) is 35.4 Å². The standard InChI is InChI=1S/C13H21N3/c1-16(2)13(8-11-5-7-15-9-11)12-4-3-6-14-10-12/h3-4,6,10-11,13,15H,5,7-9H2,1-2H3. The average molecular weight is 219 g/mol. The van der Waals surface area contributed by atoms with E-state index in [1.165, 1.54) is 31.5 Å². The normalized spacial score (nSPS) is 22.6. The molecular weight excluding hydrogens is 198 g/mol. The van der Waals surface area contributed by atoms with Crippen molar-refractivity contribution in [1.29, 1.82) is 0 Å². The minimum Gasteiger partial charge on any atom is -0.316 e. The second kappa shape index (κ2) is 5.41. The Morgan fingerprint density at radius 1 is 1.56 bits per heavy atom. The van der Waals surface area contributed by atoms with Gasteiger partial charge in [-0.15, -0.1) is 0 Å². The first-order chi connectivity index (χ1) is 7.77. The molecule has 1 N–H and O–H groups in total. The van der Waals surface area contributed by atoms with Crippen molar-refractivity contribution in [3.63, 3.8) is 0 Å². The quantitative estimate of drug-likeness (QED) is 0.835. The van der Waals surface area contributed by atoms with Crippen LogP contribution in [0.3, 0.4) is 0 Å². The predicted octanol–water partition coefficient (Wildman–Crippen LogP) is 1.68. The summed E-state index contributed by atoms with van der Waals surface area (Å²) in [5.41, 5.74) is 1.33. The van der Waals surface area contributed by atoms with Crippen molar-refractivity contribution in [2.45, 2.75) is 18.9 Å². The summed E-state index contributed by atoms with van der Waals surface area (Å²) in [6.45, 7) is 2.35. The van der Waals surface area contributed by atoms with E-state index < -0.39 is 0 Å². The predicted molar refractivity (Wildman–Crippen MR) is 66.3 cm³/mol.